The van der Waals surface area contributed by atoms with E-state index in [0.29, 0.717) is 27.9 Å². The second kappa shape index (κ2) is 7.68. The quantitative estimate of drug-likeness (QED) is 0.833. The van der Waals surface area contributed by atoms with Gasteiger partial charge >= 0.3 is 5.97 Å². The number of amides is 1. The van der Waals surface area contributed by atoms with Gasteiger partial charge in [-0.1, -0.05) is 34.4 Å². The van der Waals surface area contributed by atoms with Crippen LogP contribution < -0.4 is 0 Å². The molecule has 2 aromatic rings. The normalized spacial score (nSPS) is 10.7. The van der Waals surface area contributed by atoms with Crippen LogP contribution in [0.3, 0.4) is 0 Å². The maximum atomic E-state index is 12.8. The summed E-state index contributed by atoms with van der Waals surface area (Å²) in [6, 6.07) is 4.97. The number of aromatic nitrogens is 1. The highest BCUT2D eigenvalue weighted by molar-refractivity contribution is 6.39. The number of carbonyl (C=O) groups excluding carboxylic acids is 1. The fourth-order valence-corrected chi connectivity index (χ4v) is 2.89. The number of aliphatic carboxylic acids is 1. The number of aryl methyl sites for hydroxylation is 1. The maximum Gasteiger partial charge on any atom is 0.305 e. The Kier molecular flexibility index (Phi) is 5.85. The molecule has 0 aliphatic rings. The van der Waals surface area contributed by atoms with Crippen molar-refractivity contribution < 1.29 is 19.2 Å². The zero-order valence-electron chi connectivity index (χ0n) is 13.2. The van der Waals surface area contributed by atoms with Crippen LogP contribution in [0.2, 0.25) is 10.0 Å². The van der Waals surface area contributed by atoms with Gasteiger partial charge < -0.3 is 14.5 Å². The van der Waals surface area contributed by atoms with Gasteiger partial charge in [0.05, 0.1) is 16.5 Å². The molecule has 0 fully saturated rings. The van der Waals surface area contributed by atoms with Gasteiger partial charge in [0.25, 0.3) is 5.91 Å². The highest BCUT2D eigenvalue weighted by Crippen LogP contribution is 2.37. The van der Waals surface area contributed by atoms with E-state index in [1.807, 2.05) is 0 Å². The lowest BCUT2D eigenvalue weighted by molar-refractivity contribution is -0.137. The molecule has 0 saturated heterocycles. The summed E-state index contributed by atoms with van der Waals surface area (Å²) in [7, 11) is 0. The lowest BCUT2D eigenvalue weighted by Crippen LogP contribution is -2.33. The zero-order valence-corrected chi connectivity index (χ0v) is 14.7. The first-order valence-corrected chi connectivity index (χ1v) is 8.04. The van der Waals surface area contributed by atoms with E-state index < -0.39 is 5.97 Å². The maximum absolute atomic E-state index is 12.8. The summed E-state index contributed by atoms with van der Waals surface area (Å²) < 4.78 is 5.17. The number of carboxylic acids is 1. The molecule has 1 aromatic carbocycles. The summed E-state index contributed by atoms with van der Waals surface area (Å²) in [4.78, 5) is 25.0. The summed E-state index contributed by atoms with van der Waals surface area (Å²) in [5, 5.41) is 13.5. The van der Waals surface area contributed by atoms with Crippen molar-refractivity contribution in [3.63, 3.8) is 0 Å². The van der Waals surface area contributed by atoms with Crippen molar-refractivity contribution in [2.24, 2.45) is 0 Å². The van der Waals surface area contributed by atoms with Crippen LogP contribution in [0, 0.1) is 6.92 Å². The van der Waals surface area contributed by atoms with E-state index in [-0.39, 0.29) is 30.1 Å². The second-order valence-electron chi connectivity index (χ2n) is 5.09. The van der Waals surface area contributed by atoms with Gasteiger partial charge in [-0.3, -0.25) is 9.59 Å². The molecule has 0 bridgehead atoms. The summed E-state index contributed by atoms with van der Waals surface area (Å²) in [5.41, 5.74) is 0.898. The highest BCUT2D eigenvalue weighted by atomic mass is 35.5. The van der Waals surface area contributed by atoms with Crippen LogP contribution in [0.1, 0.15) is 29.5 Å². The standard InChI is InChI=1S/C16H16Cl2N2O4/c1-3-20(8-7-12(21)22)16(23)13-9(2)24-19-15(13)14-10(17)5-4-6-11(14)18/h4-6H,3,7-8H2,1-2H3,(H,21,22). The number of nitrogens with zero attached hydrogens (tertiary/aromatic N) is 2. The molecule has 0 unspecified atom stereocenters. The van der Waals surface area contributed by atoms with E-state index in [0.717, 1.165) is 0 Å². The minimum absolute atomic E-state index is 0.0883. The van der Waals surface area contributed by atoms with Gasteiger partial charge in [0.2, 0.25) is 0 Å². The molecule has 1 aromatic heterocycles. The topological polar surface area (TPSA) is 83.6 Å². The van der Waals surface area contributed by atoms with Gasteiger partial charge in [-0.25, -0.2) is 0 Å². The number of halogens is 2. The number of hydrogen-bond acceptors (Lipinski definition) is 4. The van der Waals surface area contributed by atoms with Crippen molar-refractivity contribution in [3.05, 3.63) is 39.6 Å². The summed E-state index contributed by atoms with van der Waals surface area (Å²) in [6.07, 6.45) is -0.147. The average molecular weight is 371 g/mol. The minimum Gasteiger partial charge on any atom is -0.481 e. The van der Waals surface area contributed by atoms with E-state index in [4.69, 9.17) is 32.8 Å². The molecule has 128 valence electrons. The van der Waals surface area contributed by atoms with Crippen LogP contribution in [-0.4, -0.2) is 40.1 Å². The van der Waals surface area contributed by atoms with Crippen LogP contribution in [0.4, 0.5) is 0 Å². The summed E-state index contributed by atoms with van der Waals surface area (Å²) >= 11 is 12.4. The monoisotopic (exact) mass is 370 g/mol. The van der Waals surface area contributed by atoms with E-state index in [1.165, 1.54) is 4.90 Å². The molecule has 0 saturated carbocycles. The lowest BCUT2D eigenvalue weighted by Gasteiger charge is -2.20. The van der Waals surface area contributed by atoms with Gasteiger partial charge in [-0.2, -0.15) is 0 Å². The van der Waals surface area contributed by atoms with Crippen LogP contribution in [-0.2, 0) is 4.79 Å². The molecule has 6 nitrogen and oxygen atoms in total. The number of carboxylic acid groups (broad SMARTS) is 1. The fraction of sp³-hybridized carbons (Fsp3) is 0.312. The molecule has 0 spiro atoms. The molecule has 2 rings (SSSR count). The molecule has 1 amide bonds. The smallest absolute Gasteiger partial charge is 0.305 e. The van der Waals surface area contributed by atoms with Crippen molar-refractivity contribution in [1.29, 1.82) is 0 Å². The first-order chi connectivity index (χ1) is 11.4. The van der Waals surface area contributed by atoms with Crippen molar-refractivity contribution in [2.45, 2.75) is 20.3 Å². The zero-order chi connectivity index (χ0) is 17.9. The van der Waals surface area contributed by atoms with Crippen molar-refractivity contribution >= 4 is 35.1 Å². The molecular weight excluding hydrogens is 355 g/mol. The first-order valence-electron chi connectivity index (χ1n) is 7.28. The van der Waals surface area contributed by atoms with Crippen molar-refractivity contribution in [1.82, 2.24) is 10.1 Å². The van der Waals surface area contributed by atoms with Crippen LogP contribution in [0.15, 0.2) is 22.7 Å². The average Bonchev–Trinajstić information content (AvgIpc) is 2.88. The molecular formula is C16H16Cl2N2O4. The Hall–Kier alpha value is -2.05. The van der Waals surface area contributed by atoms with Crippen molar-refractivity contribution in [3.8, 4) is 11.3 Å². The lowest BCUT2D eigenvalue weighted by atomic mass is 10.0. The Morgan fingerprint density at radius 2 is 1.92 bits per heavy atom. The Bertz CT molecular complexity index is 753. The Morgan fingerprint density at radius 1 is 1.29 bits per heavy atom. The molecule has 1 N–H and O–H groups in total. The predicted molar refractivity (Wildman–Crippen MR) is 90.5 cm³/mol. The van der Waals surface area contributed by atoms with Gasteiger partial charge in [-0.05, 0) is 26.0 Å². The number of rotatable bonds is 6. The van der Waals surface area contributed by atoms with Crippen LogP contribution in [0.5, 0.6) is 0 Å². The van der Waals surface area contributed by atoms with Crippen molar-refractivity contribution in [2.75, 3.05) is 13.1 Å². The fourth-order valence-electron chi connectivity index (χ4n) is 2.31. The van der Waals surface area contributed by atoms with Gasteiger partial charge in [0.1, 0.15) is 17.0 Å². The molecule has 8 heteroatoms. The Morgan fingerprint density at radius 3 is 2.46 bits per heavy atom. The minimum atomic E-state index is -0.974. The molecule has 1 heterocycles. The molecule has 0 aliphatic carbocycles. The highest BCUT2D eigenvalue weighted by Gasteiger charge is 2.27. The van der Waals surface area contributed by atoms with E-state index in [1.54, 1.807) is 32.0 Å². The van der Waals surface area contributed by atoms with Gasteiger partial charge in [0, 0.05) is 18.7 Å². The summed E-state index contributed by atoms with van der Waals surface area (Å²) in [5.74, 6) is -1.03. The van der Waals surface area contributed by atoms with Crippen LogP contribution in [0.25, 0.3) is 11.3 Å². The van der Waals surface area contributed by atoms with Gasteiger partial charge in [-0.15, -0.1) is 0 Å². The first kappa shape index (κ1) is 18.3. The van der Waals surface area contributed by atoms with E-state index >= 15 is 0 Å². The Balaban J connectivity index is 2.46. The molecule has 0 atom stereocenters. The molecule has 0 radical (unpaired) electrons. The third kappa shape index (κ3) is 3.71. The van der Waals surface area contributed by atoms with Crippen LogP contribution >= 0.6 is 23.2 Å². The second-order valence-corrected chi connectivity index (χ2v) is 5.90. The van der Waals surface area contributed by atoms with Gasteiger partial charge in [0.15, 0.2) is 0 Å². The van der Waals surface area contributed by atoms with E-state index in [9.17, 15) is 9.59 Å². The predicted octanol–water partition coefficient (Wildman–Crippen LogP) is 3.89. The molecule has 24 heavy (non-hydrogen) atoms. The number of benzene rings is 1. The number of hydrogen-bond donors (Lipinski definition) is 1. The SMILES string of the molecule is CCN(CCC(=O)O)C(=O)c1c(-c2c(Cl)cccc2Cl)noc1C. The number of carbonyl (C=O) groups is 2. The third-order valence-electron chi connectivity index (χ3n) is 3.54. The largest absolute Gasteiger partial charge is 0.481 e. The summed E-state index contributed by atoms with van der Waals surface area (Å²) in [6.45, 7) is 3.82. The molecule has 0 aliphatic heterocycles. The Labute approximate surface area is 148 Å². The third-order valence-corrected chi connectivity index (χ3v) is 4.17. The van der Waals surface area contributed by atoms with E-state index in [2.05, 4.69) is 5.16 Å².